The fourth-order valence-electron chi connectivity index (χ4n) is 2.34. The average molecular weight is 272 g/mol. The van der Waals surface area contributed by atoms with E-state index in [1.807, 2.05) is 0 Å². The van der Waals surface area contributed by atoms with Crippen LogP contribution in [0.5, 0.6) is 0 Å². The Morgan fingerprint density at radius 2 is 2.00 bits per heavy atom. The van der Waals surface area contributed by atoms with Crippen molar-refractivity contribution in [3.05, 3.63) is 34.1 Å². The Morgan fingerprint density at radius 3 is 2.60 bits per heavy atom. The Labute approximate surface area is 98.0 Å². The van der Waals surface area contributed by atoms with E-state index in [1.54, 1.807) is 6.07 Å². The first-order valence-corrected chi connectivity index (χ1v) is 6.18. The fraction of sp³-hybridized carbons (Fsp3) is 0.500. The second-order valence-corrected chi connectivity index (χ2v) is 5.09. The van der Waals surface area contributed by atoms with Crippen molar-refractivity contribution in [2.45, 2.75) is 31.7 Å². The highest BCUT2D eigenvalue weighted by Crippen LogP contribution is 2.36. The molecule has 15 heavy (non-hydrogen) atoms. The molecule has 0 spiro atoms. The van der Waals surface area contributed by atoms with Gasteiger partial charge in [-0.1, -0.05) is 34.8 Å². The number of hydrogen-bond acceptors (Lipinski definition) is 1. The lowest BCUT2D eigenvalue weighted by Gasteiger charge is -2.20. The maximum atomic E-state index is 12.9. The van der Waals surface area contributed by atoms with E-state index in [1.165, 1.54) is 37.8 Å². The summed E-state index contributed by atoms with van der Waals surface area (Å²) in [5.74, 6) is 0.344. The molecule has 1 atom stereocenters. The first kappa shape index (κ1) is 11.1. The van der Waals surface area contributed by atoms with Crippen LogP contribution in [0.4, 0.5) is 4.39 Å². The zero-order valence-corrected chi connectivity index (χ0v) is 10.1. The van der Waals surface area contributed by atoms with E-state index in [-0.39, 0.29) is 11.9 Å². The molecule has 2 rings (SSSR count). The molecule has 1 aromatic rings. The first-order chi connectivity index (χ1) is 7.18. The van der Waals surface area contributed by atoms with Gasteiger partial charge in [-0.05, 0) is 36.5 Å². The van der Waals surface area contributed by atoms with E-state index in [9.17, 15) is 4.39 Å². The van der Waals surface area contributed by atoms with Gasteiger partial charge in [0.05, 0.1) is 0 Å². The van der Waals surface area contributed by atoms with Crippen LogP contribution in [0.15, 0.2) is 22.7 Å². The molecule has 1 aliphatic carbocycles. The molecule has 1 aromatic carbocycles. The summed E-state index contributed by atoms with van der Waals surface area (Å²) < 4.78 is 13.7. The van der Waals surface area contributed by atoms with Crippen LogP contribution < -0.4 is 5.73 Å². The number of benzene rings is 1. The van der Waals surface area contributed by atoms with Gasteiger partial charge < -0.3 is 5.73 Å². The lowest BCUT2D eigenvalue weighted by atomic mass is 9.92. The number of nitrogens with two attached hydrogens (primary N) is 1. The van der Waals surface area contributed by atoms with Gasteiger partial charge in [0, 0.05) is 10.5 Å². The van der Waals surface area contributed by atoms with Gasteiger partial charge in [-0.15, -0.1) is 0 Å². The van der Waals surface area contributed by atoms with E-state index in [2.05, 4.69) is 15.9 Å². The van der Waals surface area contributed by atoms with Gasteiger partial charge in [0.1, 0.15) is 5.82 Å². The summed E-state index contributed by atoms with van der Waals surface area (Å²) in [5, 5.41) is 0. The van der Waals surface area contributed by atoms with Crippen LogP contribution in [-0.2, 0) is 0 Å². The quantitative estimate of drug-likeness (QED) is 0.871. The van der Waals surface area contributed by atoms with E-state index in [0.717, 1.165) is 10.0 Å². The summed E-state index contributed by atoms with van der Waals surface area (Å²) in [5.41, 5.74) is 7.23. The summed E-state index contributed by atoms with van der Waals surface area (Å²) in [4.78, 5) is 0. The van der Waals surface area contributed by atoms with Gasteiger partial charge in [-0.2, -0.15) is 0 Å². The molecule has 2 N–H and O–H groups in total. The molecule has 0 saturated heterocycles. The summed E-state index contributed by atoms with van der Waals surface area (Å²) in [6.07, 6.45) is 4.95. The number of halogens is 2. The standard InChI is InChI=1S/C12H15BrFN/c13-11-7-9(14)5-6-10(11)12(15)8-3-1-2-4-8/h5-8,12H,1-4,15H2/t12-/m0/s1. The number of hydrogen-bond donors (Lipinski definition) is 1. The predicted molar refractivity (Wildman–Crippen MR) is 63.0 cm³/mol. The zero-order valence-electron chi connectivity index (χ0n) is 8.55. The van der Waals surface area contributed by atoms with E-state index < -0.39 is 0 Å². The molecule has 0 bridgehead atoms. The lowest BCUT2D eigenvalue weighted by molar-refractivity contribution is 0.443. The van der Waals surface area contributed by atoms with Gasteiger partial charge in [-0.3, -0.25) is 0 Å². The molecule has 0 unspecified atom stereocenters. The van der Waals surface area contributed by atoms with Crippen LogP contribution >= 0.6 is 15.9 Å². The maximum absolute atomic E-state index is 12.9. The van der Waals surface area contributed by atoms with Crippen molar-refractivity contribution < 1.29 is 4.39 Å². The lowest BCUT2D eigenvalue weighted by Crippen LogP contribution is -2.19. The normalized spacial score (nSPS) is 19.4. The Kier molecular flexibility index (Phi) is 3.42. The minimum atomic E-state index is -0.218. The molecule has 82 valence electrons. The van der Waals surface area contributed by atoms with Gasteiger partial charge in [0.15, 0.2) is 0 Å². The molecular weight excluding hydrogens is 257 g/mol. The highest BCUT2D eigenvalue weighted by Gasteiger charge is 2.24. The molecule has 0 heterocycles. The van der Waals surface area contributed by atoms with Crippen LogP contribution in [0.1, 0.15) is 37.3 Å². The van der Waals surface area contributed by atoms with Crippen molar-refractivity contribution in [1.82, 2.24) is 0 Å². The van der Waals surface area contributed by atoms with Gasteiger partial charge in [0.2, 0.25) is 0 Å². The van der Waals surface area contributed by atoms with Crippen LogP contribution in [-0.4, -0.2) is 0 Å². The summed E-state index contributed by atoms with van der Waals surface area (Å²) in [6.45, 7) is 0. The Balaban J connectivity index is 2.20. The maximum Gasteiger partial charge on any atom is 0.124 e. The second-order valence-electron chi connectivity index (χ2n) is 4.24. The monoisotopic (exact) mass is 271 g/mol. The second kappa shape index (κ2) is 4.62. The van der Waals surface area contributed by atoms with Crippen molar-refractivity contribution in [1.29, 1.82) is 0 Å². The van der Waals surface area contributed by atoms with Crippen LogP contribution in [0.3, 0.4) is 0 Å². The average Bonchev–Trinajstić information content (AvgIpc) is 2.69. The third-order valence-electron chi connectivity index (χ3n) is 3.23. The Morgan fingerprint density at radius 1 is 1.33 bits per heavy atom. The third kappa shape index (κ3) is 2.40. The van der Waals surface area contributed by atoms with Gasteiger partial charge in [0.25, 0.3) is 0 Å². The summed E-state index contributed by atoms with van der Waals surface area (Å²) in [7, 11) is 0. The topological polar surface area (TPSA) is 26.0 Å². The molecule has 1 fully saturated rings. The molecule has 0 amide bonds. The summed E-state index contributed by atoms with van der Waals surface area (Å²) in [6, 6.07) is 4.81. The molecule has 1 nitrogen and oxygen atoms in total. The Hall–Kier alpha value is -0.410. The third-order valence-corrected chi connectivity index (χ3v) is 3.92. The van der Waals surface area contributed by atoms with Crippen molar-refractivity contribution in [3.8, 4) is 0 Å². The smallest absolute Gasteiger partial charge is 0.124 e. The van der Waals surface area contributed by atoms with Gasteiger partial charge >= 0.3 is 0 Å². The first-order valence-electron chi connectivity index (χ1n) is 5.39. The van der Waals surface area contributed by atoms with Crippen LogP contribution in [0.2, 0.25) is 0 Å². The van der Waals surface area contributed by atoms with Gasteiger partial charge in [-0.25, -0.2) is 4.39 Å². The minimum Gasteiger partial charge on any atom is -0.324 e. The molecule has 0 aliphatic heterocycles. The molecule has 0 radical (unpaired) electrons. The van der Waals surface area contributed by atoms with Crippen molar-refractivity contribution in [3.63, 3.8) is 0 Å². The van der Waals surface area contributed by atoms with E-state index in [4.69, 9.17) is 5.73 Å². The molecule has 1 aliphatic rings. The fourth-order valence-corrected chi connectivity index (χ4v) is 2.96. The largest absolute Gasteiger partial charge is 0.324 e. The highest BCUT2D eigenvalue weighted by molar-refractivity contribution is 9.10. The molecule has 0 aromatic heterocycles. The van der Waals surface area contributed by atoms with Crippen LogP contribution in [0, 0.1) is 11.7 Å². The summed E-state index contributed by atoms with van der Waals surface area (Å²) >= 11 is 3.37. The van der Waals surface area contributed by atoms with Crippen molar-refractivity contribution in [2.24, 2.45) is 11.7 Å². The zero-order chi connectivity index (χ0) is 10.8. The molecular formula is C12H15BrFN. The van der Waals surface area contributed by atoms with E-state index in [0.29, 0.717) is 5.92 Å². The van der Waals surface area contributed by atoms with E-state index >= 15 is 0 Å². The predicted octanol–water partition coefficient (Wildman–Crippen LogP) is 3.78. The molecule has 1 saturated carbocycles. The van der Waals surface area contributed by atoms with Crippen LogP contribution in [0.25, 0.3) is 0 Å². The van der Waals surface area contributed by atoms with Crippen molar-refractivity contribution >= 4 is 15.9 Å². The SMILES string of the molecule is N[C@H](c1ccc(F)cc1Br)C1CCCC1. The minimum absolute atomic E-state index is 0.0440. The number of rotatable bonds is 2. The van der Waals surface area contributed by atoms with Crippen molar-refractivity contribution in [2.75, 3.05) is 0 Å². The Bertz CT molecular complexity index is 347. The highest BCUT2D eigenvalue weighted by atomic mass is 79.9. The molecule has 3 heteroatoms.